The maximum absolute atomic E-state index is 12.9. The van der Waals surface area contributed by atoms with Crippen LogP contribution in [-0.2, 0) is 22.2 Å². The number of aliphatic hydroxyl groups is 1. The number of hydrogen-bond donors (Lipinski definition) is 1. The standard InChI is InChI=1S/C24H35F3N2O3/c1-15(30)9-10-17-5-4-8-19-16(2)23(31-14-20(17)19)32-21(18-6-3-7-18)13-29-12-11-22(28-29)24(25,26)27/h11-12,15-17,19-20,23,30H,3-10,13-14H2,1-2H3/t15?,16?,17-,19+,20?,23?/m1/s1. The number of allylic oxidation sites excluding steroid dienone is 2. The Bertz CT molecular complexity index is 799. The molecule has 4 unspecified atom stereocenters. The van der Waals surface area contributed by atoms with E-state index in [0.29, 0.717) is 30.1 Å². The fraction of sp³-hybridized carbons (Fsp3) is 0.792. The molecule has 1 aromatic heterocycles. The molecule has 2 heterocycles. The third-order valence-electron chi connectivity index (χ3n) is 7.63. The molecular formula is C24H35F3N2O3. The molecule has 4 rings (SSSR count). The maximum atomic E-state index is 12.9. The van der Waals surface area contributed by atoms with E-state index in [1.807, 2.05) is 6.92 Å². The number of aromatic nitrogens is 2. The van der Waals surface area contributed by atoms with Gasteiger partial charge in [-0.1, -0.05) is 19.8 Å². The fourth-order valence-electron chi connectivity index (χ4n) is 5.57. The molecule has 0 bridgehead atoms. The minimum absolute atomic E-state index is 0.198. The highest BCUT2D eigenvalue weighted by Gasteiger charge is 2.44. The lowest BCUT2D eigenvalue weighted by Crippen LogP contribution is -2.47. The monoisotopic (exact) mass is 456 g/mol. The van der Waals surface area contributed by atoms with Gasteiger partial charge in [0.05, 0.1) is 19.3 Å². The van der Waals surface area contributed by atoms with Crippen molar-refractivity contribution in [2.45, 2.75) is 90.3 Å². The molecule has 0 spiro atoms. The zero-order chi connectivity index (χ0) is 22.9. The highest BCUT2D eigenvalue weighted by Crippen LogP contribution is 2.46. The predicted octanol–water partition coefficient (Wildman–Crippen LogP) is 5.54. The molecule has 1 N–H and O–H groups in total. The van der Waals surface area contributed by atoms with Gasteiger partial charge in [0, 0.05) is 12.1 Å². The molecule has 5 nitrogen and oxygen atoms in total. The zero-order valence-corrected chi connectivity index (χ0v) is 19.0. The highest BCUT2D eigenvalue weighted by molar-refractivity contribution is 5.16. The predicted molar refractivity (Wildman–Crippen MR) is 113 cm³/mol. The molecule has 1 aliphatic heterocycles. The Balaban J connectivity index is 1.42. The van der Waals surface area contributed by atoms with Crippen molar-refractivity contribution < 1.29 is 27.8 Å². The molecule has 2 saturated carbocycles. The SMILES string of the molecule is CC(O)CC[C@H]1CCC[C@H]2C(C)C(OC(Cn3ccc(C(F)(F)F)n3)=C3CCC3)OCC12. The van der Waals surface area contributed by atoms with Crippen LogP contribution in [0.15, 0.2) is 23.6 Å². The van der Waals surface area contributed by atoms with Gasteiger partial charge in [-0.2, -0.15) is 18.3 Å². The third-order valence-corrected chi connectivity index (χ3v) is 7.63. The second-order valence-corrected chi connectivity index (χ2v) is 9.90. The molecule has 180 valence electrons. The van der Waals surface area contributed by atoms with Crippen molar-refractivity contribution in [3.8, 4) is 0 Å². The Labute approximate surface area is 188 Å². The smallest absolute Gasteiger partial charge is 0.435 e. The summed E-state index contributed by atoms with van der Waals surface area (Å²) in [5, 5.41) is 13.4. The largest absolute Gasteiger partial charge is 0.467 e. The summed E-state index contributed by atoms with van der Waals surface area (Å²) in [5.41, 5.74) is 0.275. The molecule has 6 atom stereocenters. The Morgan fingerprint density at radius 1 is 1.28 bits per heavy atom. The van der Waals surface area contributed by atoms with Crippen molar-refractivity contribution >= 4 is 0 Å². The molecular weight excluding hydrogens is 421 g/mol. The van der Waals surface area contributed by atoms with Gasteiger partial charge in [-0.05, 0) is 74.8 Å². The fourth-order valence-corrected chi connectivity index (χ4v) is 5.57. The minimum Gasteiger partial charge on any atom is -0.467 e. The Morgan fingerprint density at radius 2 is 2.06 bits per heavy atom. The van der Waals surface area contributed by atoms with Crippen molar-refractivity contribution in [1.29, 1.82) is 0 Å². The van der Waals surface area contributed by atoms with Crippen LogP contribution in [0.4, 0.5) is 13.2 Å². The van der Waals surface area contributed by atoms with E-state index < -0.39 is 11.9 Å². The molecule has 3 fully saturated rings. The summed E-state index contributed by atoms with van der Waals surface area (Å²) in [5.74, 6) is 2.49. The van der Waals surface area contributed by atoms with Crippen LogP contribution in [0.5, 0.6) is 0 Å². The average molecular weight is 457 g/mol. The molecule has 0 aromatic carbocycles. The third kappa shape index (κ3) is 5.33. The zero-order valence-electron chi connectivity index (χ0n) is 19.0. The lowest BCUT2D eigenvalue weighted by molar-refractivity contribution is -0.218. The van der Waals surface area contributed by atoms with Gasteiger partial charge in [-0.3, -0.25) is 4.68 Å². The first kappa shape index (κ1) is 23.6. The van der Waals surface area contributed by atoms with Crippen LogP contribution in [-0.4, -0.2) is 33.9 Å². The number of halogens is 3. The van der Waals surface area contributed by atoms with Gasteiger partial charge in [-0.15, -0.1) is 0 Å². The van der Waals surface area contributed by atoms with Crippen molar-refractivity contribution in [3.05, 3.63) is 29.3 Å². The lowest BCUT2D eigenvalue weighted by atomic mass is 9.65. The molecule has 32 heavy (non-hydrogen) atoms. The summed E-state index contributed by atoms with van der Waals surface area (Å²) in [6.07, 6.45) is 4.53. The van der Waals surface area contributed by atoms with Gasteiger partial charge in [0.2, 0.25) is 6.29 Å². The van der Waals surface area contributed by atoms with Crippen LogP contribution in [0.3, 0.4) is 0 Å². The average Bonchev–Trinajstić information content (AvgIpc) is 3.16. The van der Waals surface area contributed by atoms with Gasteiger partial charge in [0.15, 0.2) is 5.69 Å². The van der Waals surface area contributed by atoms with Crippen LogP contribution >= 0.6 is 0 Å². The number of aliphatic hydroxyl groups excluding tert-OH is 1. The second-order valence-electron chi connectivity index (χ2n) is 9.90. The Morgan fingerprint density at radius 3 is 2.69 bits per heavy atom. The maximum Gasteiger partial charge on any atom is 0.435 e. The second kappa shape index (κ2) is 9.75. The van der Waals surface area contributed by atoms with Crippen LogP contribution in [0, 0.1) is 23.7 Å². The first-order chi connectivity index (χ1) is 15.2. The quantitative estimate of drug-likeness (QED) is 0.547. The normalized spacial score (nSPS) is 31.6. The van der Waals surface area contributed by atoms with Crippen molar-refractivity contribution in [2.24, 2.45) is 23.7 Å². The first-order valence-electron chi connectivity index (χ1n) is 12.0. The number of fused-ring (bicyclic) bond motifs is 1. The summed E-state index contributed by atoms with van der Waals surface area (Å²) in [7, 11) is 0. The van der Waals surface area contributed by atoms with Gasteiger partial charge in [-0.25, -0.2) is 0 Å². The van der Waals surface area contributed by atoms with Gasteiger partial charge in [0.1, 0.15) is 5.76 Å². The molecule has 2 aliphatic carbocycles. The molecule has 3 aliphatic rings. The van der Waals surface area contributed by atoms with Crippen LogP contribution in [0.25, 0.3) is 0 Å². The topological polar surface area (TPSA) is 56.5 Å². The molecule has 0 amide bonds. The summed E-state index contributed by atoms with van der Waals surface area (Å²) < 4.78 is 52.7. The first-order valence-corrected chi connectivity index (χ1v) is 12.0. The summed E-state index contributed by atoms with van der Waals surface area (Å²) >= 11 is 0. The van der Waals surface area contributed by atoms with Gasteiger partial charge in [0.25, 0.3) is 0 Å². The molecule has 8 heteroatoms. The summed E-state index contributed by atoms with van der Waals surface area (Å²) in [4.78, 5) is 0. The van der Waals surface area contributed by atoms with E-state index in [1.165, 1.54) is 23.7 Å². The Kier molecular flexibility index (Phi) is 7.20. The lowest BCUT2D eigenvalue weighted by Gasteiger charge is -2.47. The van der Waals surface area contributed by atoms with E-state index in [-0.39, 0.29) is 24.9 Å². The van der Waals surface area contributed by atoms with E-state index in [0.717, 1.165) is 50.2 Å². The number of rotatable bonds is 7. The number of hydrogen-bond acceptors (Lipinski definition) is 4. The summed E-state index contributed by atoms with van der Waals surface area (Å²) in [6.45, 7) is 4.87. The van der Waals surface area contributed by atoms with Crippen molar-refractivity contribution in [3.63, 3.8) is 0 Å². The van der Waals surface area contributed by atoms with Gasteiger partial charge < -0.3 is 14.6 Å². The van der Waals surface area contributed by atoms with E-state index in [4.69, 9.17) is 9.47 Å². The van der Waals surface area contributed by atoms with Crippen LogP contribution in [0.1, 0.15) is 70.9 Å². The van der Waals surface area contributed by atoms with Gasteiger partial charge >= 0.3 is 6.18 Å². The van der Waals surface area contributed by atoms with Crippen molar-refractivity contribution in [2.75, 3.05) is 6.61 Å². The van der Waals surface area contributed by atoms with E-state index >= 15 is 0 Å². The molecule has 1 aromatic rings. The van der Waals surface area contributed by atoms with E-state index in [2.05, 4.69) is 12.0 Å². The summed E-state index contributed by atoms with van der Waals surface area (Å²) in [6, 6.07) is 1.00. The minimum atomic E-state index is -4.45. The van der Waals surface area contributed by atoms with Crippen LogP contribution in [0.2, 0.25) is 0 Å². The van der Waals surface area contributed by atoms with Crippen molar-refractivity contribution in [1.82, 2.24) is 9.78 Å². The number of nitrogens with zero attached hydrogens (tertiary/aromatic N) is 2. The number of ether oxygens (including phenoxy) is 2. The van der Waals surface area contributed by atoms with E-state index in [9.17, 15) is 18.3 Å². The molecule has 0 radical (unpaired) electrons. The van der Waals surface area contributed by atoms with Crippen LogP contribution < -0.4 is 0 Å². The Hall–Kier alpha value is -1.54. The number of alkyl halides is 3. The van der Waals surface area contributed by atoms with E-state index in [1.54, 1.807) is 0 Å². The highest BCUT2D eigenvalue weighted by atomic mass is 19.4. The molecule has 1 saturated heterocycles.